The van der Waals surface area contributed by atoms with Crippen LogP contribution in [-0.2, 0) is 26.0 Å². The number of hydrogen-bond donors (Lipinski definition) is 1. The molecule has 1 unspecified atom stereocenters. The maximum absolute atomic E-state index is 13.5. The monoisotopic (exact) mass is 537 g/mol. The molecule has 2 aromatic carbocycles. The topological polar surface area (TPSA) is 86.8 Å². The Morgan fingerprint density at radius 3 is 2.21 bits per heavy atom. The van der Waals surface area contributed by atoms with Gasteiger partial charge in [-0.25, -0.2) is 8.42 Å². The molecule has 2 rings (SSSR count). The molecule has 2 aromatic rings. The summed E-state index contributed by atoms with van der Waals surface area (Å²) >= 11 is 3.34. The molecule has 33 heavy (non-hydrogen) atoms. The highest BCUT2D eigenvalue weighted by Crippen LogP contribution is 2.21. The van der Waals surface area contributed by atoms with E-state index in [0.29, 0.717) is 31.6 Å². The predicted molar refractivity (Wildman–Crippen MR) is 136 cm³/mol. The Bertz CT molecular complexity index is 1010. The summed E-state index contributed by atoms with van der Waals surface area (Å²) in [5.41, 5.74) is 1.42. The van der Waals surface area contributed by atoms with Crippen LogP contribution in [0.25, 0.3) is 0 Å². The SMILES string of the molecule is CCCNC(=O)C(CC)N(CCc1ccccc1)C(=O)CN(c1ccc(Br)cc1)S(C)(=O)=O. The molecular formula is C24H32BrN3O4S. The Morgan fingerprint density at radius 1 is 1.03 bits per heavy atom. The van der Waals surface area contributed by atoms with Gasteiger partial charge in [0.1, 0.15) is 12.6 Å². The molecule has 180 valence electrons. The van der Waals surface area contributed by atoms with Crippen molar-refractivity contribution in [3.63, 3.8) is 0 Å². The summed E-state index contributed by atoms with van der Waals surface area (Å²) in [4.78, 5) is 27.8. The summed E-state index contributed by atoms with van der Waals surface area (Å²) in [5.74, 6) is -0.645. The minimum Gasteiger partial charge on any atom is -0.354 e. The number of hydrogen-bond acceptors (Lipinski definition) is 4. The van der Waals surface area contributed by atoms with E-state index < -0.39 is 22.0 Å². The number of sulfonamides is 1. The van der Waals surface area contributed by atoms with Crippen LogP contribution < -0.4 is 9.62 Å². The predicted octanol–water partition coefficient (Wildman–Crippen LogP) is 3.59. The number of anilines is 1. The van der Waals surface area contributed by atoms with Crippen molar-refractivity contribution in [2.24, 2.45) is 0 Å². The van der Waals surface area contributed by atoms with Gasteiger partial charge in [0.25, 0.3) is 0 Å². The third kappa shape index (κ3) is 8.16. The van der Waals surface area contributed by atoms with Crippen molar-refractivity contribution in [2.45, 2.75) is 39.2 Å². The van der Waals surface area contributed by atoms with Gasteiger partial charge >= 0.3 is 0 Å². The van der Waals surface area contributed by atoms with Crippen molar-refractivity contribution >= 4 is 43.5 Å². The molecule has 0 aliphatic rings. The lowest BCUT2D eigenvalue weighted by Gasteiger charge is -2.32. The van der Waals surface area contributed by atoms with Crippen molar-refractivity contribution in [3.05, 3.63) is 64.6 Å². The average Bonchev–Trinajstić information content (AvgIpc) is 2.79. The van der Waals surface area contributed by atoms with Crippen molar-refractivity contribution in [1.82, 2.24) is 10.2 Å². The number of nitrogens with one attached hydrogen (secondary N) is 1. The van der Waals surface area contributed by atoms with E-state index in [9.17, 15) is 18.0 Å². The fraction of sp³-hybridized carbons (Fsp3) is 0.417. The molecular weight excluding hydrogens is 506 g/mol. The number of rotatable bonds is 12. The molecule has 0 saturated heterocycles. The standard InChI is InChI=1S/C24H32BrN3O4S/c1-4-16-26-24(30)22(5-2)27(17-15-19-9-7-6-8-10-19)23(29)18-28(33(3,31)32)21-13-11-20(25)12-14-21/h6-14,22H,4-5,15-18H2,1-3H3,(H,26,30). The molecule has 1 atom stereocenters. The Morgan fingerprint density at radius 2 is 1.67 bits per heavy atom. The van der Waals surface area contributed by atoms with E-state index in [4.69, 9.17) is 0 Å². The van der Waals surface area contributed by atoms with Crippen LogP contribution in [0.2, 0.25) is 0 Å². The van der Waals surface area contributed by atoms with Crippen molar-refractivity contribution in [1.29, 1.82) is 0 Å². The third-order valence-electron chi connectivity index (χ3n) is 5.21. The van der Waals surface area contributed by atoms with E-state index in [1.54, 1.807) is 24.3 Å². The lowest BCUT2D eigenvalue weighted by atomic mass is 10.1. The van der Waals surface area contributed by atoms with E-state index in [2.05, 4.69) is 21.2 Å². The first-order chi connectivity index (χ1) is 15.7. The Labute approximate surface area is 205 Å². The first-order valence-corrected chi connectivity index (χ1v) is 13.7. The van der Waals surface area contributed by atoms with Gasteiger partial charge in [-0.1, -0.05) is 60.1 Å². The summed E-state index contributed by atoms with van der Waals surface area (Å²) in [7, 11) is -3.72. The van der Waals surface area contributed by atoms with Crippen LogP contribution in [-0.4, -0.2) is 57.1 Å². The van der Waals surface area contributed by atoms with E-state index >= 15 is 0 Å². The van der Waals surface area contributed by atoms with E-state index in [-0.39, 0.29) is 12.5 Å². The summed E-state index contributed by atoms with van der Waals surface area (Å²) in [6.45, 7) is 4.25. The Hall–Kier alpha value is -2.39. The Balaban J connectivity index is 2.32. The molecule has 7 nitrogen and oxygen atoms in total. The number of carbonyl (C=O) groups excluding carboxylic acids is 2. The van der Waals surface area contributed by atoms with Crippen LogP contribution in [0.1, 0.15) is 32.3 Å². The molecule has 0 heterocycles. The Kier molecular flexibility index (Phi) is 10.4. The second-order valence-corrected chi connectivity index (χ2v) is 10.6. The molecule has 2 amide bonds. The molecule has 0 spiro atoms. The molecule has 0 aromatic heterocycles. The number of benzene rings is 2. The fourth-order valence-corrected chi connectivity index (χ4v) is 4.60. The summed E-state index contributed by atoms with van der Waals surface area (Å²) in [6.07, 6.45) is 2.84. The highest BCUT2D eigenvalue weighted by Gasteiger charge is 2.31. The zero-order chi connectivity index (χ0) is 24.4. The number of nitrogens with zero attached hydrogens (tertiary/aromatic N) is 2. The van der Waals surface area contributed by atoms with E-state index in [1.807, 2.05) is 44.2 Å². The van der Waals surface area contributed by atoms with Crippen molar-refractivity contribution in [3.8, 4) is 0 Å². The largest absolute Gasteiger partial charge is 0.354 e. The van der Waals surface area contributed by atoms with Crippen LogP contribution in [0.5, 0.6) is 0 Å². The van der Waals surface area contributed by atoms with Crippen LogP contribution in [0, 0.1) is 0 Å². The zero-order valence-electron chi connectivity index (χ0n) is 19.3. The lowest BCUT2D eigenvalue weighted by molar-refractivity contribution is -0.139. The van der Waals surface area contributed by atoms with Gasteiger partial charge < -0.3 is 10.2 Å². The minimum absolute atomic E-state index is 0.227. The van der Waals surface area contributed by atoms with Crippen LogP contribution in [0.3, 0.4) is 0 Å². The molecule has 0 radical (unpaired) electrons. The first-order valence-electron chi connectivity index (χ1n) is 11.0. The van der Waals surface area contributed by atoms with Gasteiger partial charge in [-0.2, -0.15) is 0 Å². The molecule has 0 saturated carbocycles. The van der Waals surface area contributed by atoms with Crippen LogP contribution >= 0.6 is 15.9 Å². The smallest absolute Gasteiger partial charge is 0.244 e. The maximum atomic E-state index is 13.5. The quantitative estimate of drug-likeness (QED) is 0.448. The highest BCUT2D eigenvalue weighted by molar-refractivity contribution is 9.10. The van der Waals surface area contributed by atoms with Gasteiger partial charge in [0.15, 0.2) is 0 Å². The van der Waals surface area contributed by atoms with E-state index in [1.165, 1.54) is 4.90 Å². The average molecular weight is 539 g/mol. The summed E-state index contributed by atoms with van der Waals surface area (Å²) in [6, 6.07) is 15.7. The second-order valence-electron chi connectivity index (χ2n) is 7.78. The van der Waals surface area contributed by atoms with Gasteiger partial charge in [-0.15, -0.1) is 0 Å². The van der Waals surface area contributed by atoms with Gasteiger partial charge in [0.05, 0.1) is 11.9 Å². The first kappa shape index (κ1) is 26.9. The summed E-state index contributed by atoms with van der Waals surface area (Å²) in [5, 5.41) is 2.87. The zero-order valence-corrected chi connectivity index (χ0v) is 21.7. The number of halogens is 1. The minimum atomic E-state index is -3.72. The number of carbonyl (C=O) groups is 2. The third-order valence-corrected chi connectivity index (χ3v) is 6.88. The van der Waals surface area contributed by atoms with Crippen molar-refractivity contribution in [2.75, 3.05) is 30.2 Å². The normalized spacial score (nSPS) is 12.1. The molecule has 0 fully saturated rings. The van der Waals surface area contributed by atoms with Crippen LogP contribution in [0.15, 0.2) is 59.1 Å². The van der Waals surface area contributed by atoms with Gasteiger partial charge in [-0.3, -0.25) is 13.9 Å². The second kappa shape index (κ2) is 12.7. The molecule has 0 aliphatic heterocycles. The van der Waals surface area contributed by atoms with Gasteiger partial charge in [0.2, 0.25) is 21.8 Å². The van der Waals surface area contributed by atoms with Crippen LogP contribution in [0.4, 0.5) is 5.69 Å². The molecule has 9 heteroatoms. The van der Waals surface area contributed by atoms with Gasteiger partial charge in [-0.05, 0) is 49.1 Å². The fourth-order valence-electron chi connectivity index (χ4n) is 3.48. The van der Waals surface area contributed by atoms with Gasteiger partial charge in [0, 0.05) is 17.6 Å². The lowest BCUT2D eigenvalue weighted by Crippen LogP contribution is -2.53. The number of amides is 2. The van der Waals surface area contributed by atoms with E-state index in [0.717, 1.165) is 27.0 Å². The maximum Gasteiger partial charge on any atom is 0.244 e. The molecule has 0 aliphatic carbocycles. The summed E-state index contributed by atoms with van der Waals surface area (Å²) < 4.78 is 26.9. The highest BCUT2D eigenvalue weighted by atomic mass is 79.9. The molecule has 0 bridgehead atoms. The molecule has 1 N–H and O–H groups in total. The van der Waals surface area contributed by atoms with Crippen molar-refractivity contribution < 1.29 is 18.0 Å².